The Balaban J connectivity index is 2.22. The summed E-state index contributed by atoms with van der Waals surface area (Å²) < 4.78 is 10.4. The minimum atomic E-state index is -0.545. The van der Waals surface area contributed by atoms with E-state index in [4.69, 9.17) is 9.47 Å². The highest BCUT2D eigenvalue weighted by atomic mass is 16.6. The van der Waals surface area contributed by atoms with Crippen LogP contribution in [0.2, 0.25) is 0 Å². The fourth-order valence-electron chi connectivity index (χ4n) is 3.02. The summed E-state index contributed by atoms with van der Waals surface area (Å²) in [6.45, 7) is 10.1. The number of hydrogen-bond acceptors (Lipinski definition) is 5. The van der Waals surface area contributed by atoms with Crippen molar-refractivity contribution in [1.29, 1.82) is 0 Å². The molecule has 1 aromatic heterocycles. The van der Waals surface area contributed by atoms with Crippen molar-refractivity contribution in [2.45, 2.75) is 59.6 Å². The number of nitrogens with zero attached hydrogens (tertiary/aromatic N) is 1. The lowest BCUT2D eigenvalue weighted by Crippen LogP contribution is -2.32. The Bertz CT molecular complexity index is 856. The zero-order valence-corrected chi connectivity index (χ0v) is 17.9. The van der Waals surface area contributed by atoms with Gasteiger partial charge in [-0.15, -0.1) is 0 Å². The third kappa shape index (κ3) is 6.89. The molecule has 0 saturated heterocycles. The zero-order valence-electron chi connectivity index (χ0n) is 17.9. The molecule has 2 aromatic rings. The lowest BCUT2D eigenvalue weighted by molar-refractivity contribution is 0.0514. The van der Waals surface area contributed by atoms with E-state index in [2.05, 4.69) is 23.3 Å². The Morgan fingerprint density at radius 3 is 2.48 bits per heavy atom. The fraction of sp³-hybridized carbons (Fsp3) is 0.435. The van der Waals surface area contributed by atoms with Gasteiger partial charge in [-0.3, -0.25) is 4.98 Å². The molecule has 1 amide bonds. The van der Waals surface area contributed by atoms with E-state index in [9.17, 15) is 9.59 Å². The normalized spacial score (nSPS) is 11.1. The molecule has 0 unspecified atom stereocenters. The summed E-state index contributed by atoms with van der Waals surface area (Å²) in [6, 6.07) is 7.90. The molecule has 6 heteroatoms. The number of pyridine rings is 1. The van der Waals surface area contributed by atoms with Crippen molar-refractivity contribution in [1.82, 2.24) is 10.3 Å². The van der Waals surface area contributed by atoms with E-state index in [0.29, 0.717) is 25.1 Å². The number of nitrogens with one attached hydrogen (secondary N) is 1. The van der Waals surface area contributed by atoms with Gasteiger partial charge in [0.15, 0.2) is 0 Å². The third-order valence-electron chi connectivity index (χ3n) is 4.26. The second kappa shape index (κ2) is 10.0. The molecular formula is C23H30N2O4. The molecule has 1 N–H and O–H groups in total. The number of carbonyl (C=O) groups excluding carboxylic acids is 2. The van der Waals surface area contributed by atoms with Crippen LogP contribution >= 0.6 is 0 Å². The third-order valence-corrected chi connectivity index (χ3v) is 4.26. The summed E-state index contributed by atoms with van der Waals surface area (Å²) in [5, 5.41) is 2.85. The molecule has 0 radical (unpaired) electrons. The Hall–Kier alpha value is -2.89. The maximum Gasteiger partial charge on any atom is 0.407 e. The average molecular weight is 399 g/mol. The molecule has 0 fully saturated rings. The van der Waals surface area contributed by atoms with Gasteiger partial charge in [-0.25, -0.2) is 9.59 Å². The van der Waals surface area contributed by atoms with Crippen molar-refractivity contribution in [3.8, 4) is 0 Å². The van der Waals surface area contributed by atoms with E-state index in [-0.39, 0.29) is 5.97 Å². The van der Waals surface area contributed by atoms with Crippen LogP contribution in [0.5, 0.6) is 0 Å². The lowest BCUT2D eigenvalue weighted by Gasteiger charge is -2.21. The number of ether oxygens (including phenoxy) is 2. The Kier molecular flexibility index (Phi) is 7.76. The Morgan fingerprint density at radius 2 is 1.83 bits per heavy atom. The number of carbonyl (C=O) groups is 2. The molecule has 0 atom stereocenters. The molecule has 0 aliphatic rings. The van der Waals surface area contributed by atoms with Gasteiger partial charge < -0.3 is 14.8 Å². The molecule has 156 valence electrons. The summed E-state index contributed by atoms with van der Waals surface area (Å²) in [4.78, 5) is 28.3. The van der Waals surface area contributed by atoms with Crippen LogP contribution in [-0.4, -0.2) is 29.3 Å². The summed E-state index contributed by atoms with van der Waals surface area (Å²) in [5.74, 6) is -0.379. The van der Waals surface area contributed by atoms with E-state index in [1.54, 1.807) is 19.2 Å². The van der Waals surface area contributed by atoms with Crippen molar-refractivity contribution in [2.24, 2.45) is 0 Å². The predicted molar refractivity (Wildman–Crippen MR) is 112 cm³/mol. The number of esters is 1. The smallest absolute Gasteiger partial charge is 0.407 e. The monoisotopic (exact) mass is 398 g/mol. The van der Waals surface area contributed by atoms with E-state index >= 15 is 0 Å². The first-order chi connectivity index (χ1) is 13.7. The summed E-state index contributed by atoms with van der Waals surface area (Å²) in [6.07, 6.45) is 4.25. The van der Waals surface area contributed by atoms with Crippen molar-refractivity contribution in [3.63, 3.8) is 0 Å². The SMILES string of the molecule is CCOC(=O)c1cncc(Cc2cccc(CC)c2CNC(=O)OC(C)(C)C)c1. The number of alkyl carbamates (subject to hydrolysis) is 1. The predicted octanol–water partition coefficient (Wildman–Crippen LogP) is 4.44. The van der Waals surface area contributed by atoms with Crippen molar-refractivity contribution < 1.29 is 19.1 Å². The highest BCUT2D eigenvalue weighted by molar-refractivity contribution is 5.89. The molecule has 6 nitrogen and oxygen atoms in total. The second-order valence-corrected chi connectivity index (χ2v) is 7.74. The van der Waals surface area contributed by atoms with Crippen LogP contribution in [0.1, 0.15) is 67.2 Å². The number of rotatable bonds is 7. The Labute approximate surface area is 172 Å². The highest BCUT2D eigenvalue weighted by Gasteiger charge is 2.17. The van der Waals surface area contributed by atoms with E-state index in [1.807, 2.05) is 32.9 Å². The quantitative estimate of drug-likeness (QED) is 0.698. The minimum Gasteiger partial charge on any atom is -0.462 e. The molecule has 1 heterocycles. The van der Waals surface area contributed by atoms with Crippen LogP contribution in [0.3, 0.4) is 0 Å². The van der Waals surface area contributed by atoms with Crippen LogP contribution in [0.4, 0.5) is 4.79 Å². The second-order valence-electron chi connectivity index (χ2n) is 7.74. The van der Waals surface area contributed by atoms with Crippen molar-refractivity contribution in [2.75, 3.05) is 6.61 Å². The molecule has 1 aromatic carbocycles. The summed E-state index contributed by atoms with van der Waals surface area (Å²) >= 11 is 0. The molecule has 0 bridgehead atoms. The first-order valence-electron chi connectivity index (χ1n) is 9.91. The molecule has 0 spiro atoms. The average Bonchev–Trinajstić information content (AvgIpc) is 2.66. The van der Waals surface area contributed by atoms with Crippen molar-refractivity contribution in [3.05, 3.63) is 64.5 Å². The molecule has 2 rings (SSSR count). The van der Waals surface area contributed by atoms with Crippen molar-refractivity contribution >= 4 is 12.1 Å². The van der Waals surface area contributed by atoms with Gasteiger partial charge in [0.1, 0.15) is 5.60 Å². The van der Waals surface area contributed by atoms with E-state index < -0.39 is 11.7 Å². The number of aromatic nitrogens is 1. The topological polar surface area (TPSA) is 77.5 Å². The number of aryl methyl sites for hydroxylation is 1. The molecule has 0 aliphatic carbocycles. The van der Waals surface area contributed by atoms with Crippen LogP contribution in [0.15, 0.2) is 36.7 Å². The van der Waals surface area contributed by atoms with Crippen LogP contribution in [0.25, 0.3) is 0 Å². The largest absolute Gasteiger partial charge is 0.462 e. The number of hydrogen-bond donors (Lipinski definition) is 1. The van der Waals surface area contributed by atoms with Crippen LogP contribution in [-0.2, 0) is 28.9 Å². The van der Waals surface area contributed by atoms with Crippen LogP contribution in [0, 0.1) is 0 Å². The maximum absolute atomic E-state index is 12.1. The van der Waals surface area contributed by atoms with Gasteiger partial charge in [0.2, 0.25) is 0 Å². The van der Waals surface area contributed by atoms with E-state index in [0.717, 1.165) is 28.7 Å². The Morgan fingerprint density at radius 1 is 1.10 bits per heavy atom. The van der Waals surface area contributed by atoms with Gasteiger partial charge in [0.05, 0.1) is 12.2 Å². The summed E-state index contributed by atoms with van der Waals surface area (Å²) in [5.41, 5.74) is 4.08. The lowest BCUT2D eigenvalue weighted by atomic mass is 9.94. The van der Waals surface area contributed by atoms with Gasteiger partial charge >= 0.3 is 12.1 Å². The first-order valence-corrected chi connectivity index (χ1v) is 9.91. The summed E-state index contributed by atoms with van der Waals surface area (Å²) in [7, 11) is 0. The van der Waals surface area contributed by atoms with Gasteiger partial charge in [-0.1, -0.05) is 25.1 Å². The fourth-order valence-corrected chi connectivity index (χ4v) is 3.02. The van der Waals surface area contributed by atoms with Gasteiger partial charge in [0.25, 0.3) is 0 Å². The van der Waals surface area contributed by atoms with Gasteiger partial charge in [0, 0.05) is 18.9 Å². The first kappa shape index (κ1) is 22.4. The minimum absolute atomic E-state index is 0.322. The van der Waals surface area contributed by atoms with Crippen LogP contribution < -0.4 is 5.32 Å². The van der Waals surface area contributed by atoms with Gasteiger partial charge in [-0.05, 0) is 68.9 Å². The number of benzene rings is 1. The standard InChI is InChI=1S/C23H30N2O4/c1-6-17-9-8-10-18(20(17)15-25-22(27)29-23(3,4)5)11-16-12-19(14-24-13-16)21(26)28-7-2/h8-10,12-14H,6-7,11,15H2,1-5H3,(H,25,27). The molecule has 0 aliphatic heterocycles. The van der Waals surface area contributed by atoms with Gasteiger partial charge in [-0.2, -0.15) is 0 Å². The molecular weight excluding hydrogens is 368 g/mol. The maximum atomic E-state index is 12.1. The molecule has 29 heavy (non-hydrogen) atoms. The zero-order chi connectivity index (χ0) is 21.4. The number of amides is 1. The van der Waals surface area contributed by atoms with E-state index in [1.165, 1.54) is 6.20 Å². The molecule has 0 saturated carbocycles. The highest BCUT2D eigenvalue weighted by Crippen LogP contribution is 2.20.